The van der Waals surface area contributed by atoms with Crippen molar-refractivity contribution in [3.63, 3.8) is 0 Å². The molecule has 2 aromatic carbocycles. The van der Waals surface area contributed by atoms with Crippen molar-refractivity contribution in [2.75, 3.05) is 13.2 Å². The molecule has 2 fully saturated rings. The van der Waals surface area contributed by atoms with Crippen LogP contribution in [0.2, 0.25) is 0 Å². The van der Waals surface area contributed by atoms with E-state index in [4.69, 9.17) is 18.9 Å². The number of nitrogens with zero attached hydrogens (tertiary/aromatic N) is 1. The molecule has 2 atom stereocenters. The lowest BCUT2D eigenvalue weighted by Gasteiger charge is -2.32. The van der Waals surface area contributed by atoms with E-state index in [1.807, 2.05) is 18.2 Å². The molecule has 0 spiro atoms. The number of benzene rings is 2. The Labute approximate surface area is 274 Å². The van der Waals surface area contributed by atoms with Crippen LogP contribution in [0, 0.1) is 0 Å². The molecule has 9 nitrogen and oxygen atoms in total. The SMILES string of the molecule is CCOC(=O)C1=C(C=O)/C(=C2\CCC(=O)[C@H](c3ccc4c(c3)=CCN=4)C2)c2c(cc3c(c2OC2CCCCC2)C[C@@H](C(C)(C)O)O3)O1. The normalized spacial score (nSPS) is 23.9. The summed E-state index contributed by atoms with van der Waals surface area (Å²) in [7, 11) is 0. The maximum atomic E-state index is 13.5. The van der Waals surface area contributed by atoms with Gasteiger partial charge in [0.15, 0.2) is 6.29 Å². The van der Waals surface area contributed by atoms with Crippen molar-refractivity contribution in [3.05, 3.63) is 68.4 Å². The monoisotopic (exact) mass is 639 g/mol. The lowest BCUT2D eigenvalue weighted by molar-refractivity contribution is -0.141. The summed E-state index contributed by atoms with van der Waals surface area (Å²) in [5.74, 6) is 0.168. The fraction of sp³-hybridized carbons (Fsp3) is 0.474. The molecule has 0 unspecified atom stereocenters. The van der Waals surface area contributed by atoms with Crippen LogP contribution in [0.15, 0.2) is 46.2 Å². The number of fused-ring (bicyclic) bond motifs is 3. The zero-order chi connectivity index (χ0) is 32.9. The fourth-order valence-corrected chi connectivity index (χ4v) is 7.54. The molecule has 5 aliphatic rings. The highest BCUT2D eigenvalue weighted by Gasteiger charge is 2.43. The number of aldehydes is 1. The Bertz CT molecular complexity index is 1840. The summed E-state index contributed by atoms with van der Waals surface area (Å²) < 4.78 is 24.8. The summed E-state index contributed by atoms with van der Waals surface area (Å²) in [6.45, 7) is 5.85. The highest BCUT2D eigenvalue weighted by atomic mass is 16.6. The number of ether oxygens (including phenoxy) is 4. The van der Waals surface area contributed by atoms with E-state index in [9.17, 15) is 19.5 Å². The molecule has 2 saturated carbocycles. The van der Waals surface area contributed by atoms with Crippen molar-refractivity contribution in [2.45, 2.75) is 102 Å². The second-order valence-electron chi connectivity index (χ2n) is 13.6. The van der Waals surface area contributed by atoms with Gasteiger partial charge in [0.1, 0.15) is 29.1 Å². The van der Waals surface area contributed by atoms with Gasteiger partial charge in [-0.2, -0.15) is 0 Å². The molecular formula is C38H41NO8. The van der Waals surface area contributed by atoms with Crippen LogP contribution >= 0.6 is 0 Å². The number of rotatable bonds is 7. The zero-order valence-electron chi connectivity index (χ0n) is 27.2. The van der Waals surface area contributed by atoms with Crippen LogP contribution in [0.1, 0.15) is 94.7 Å². The van der Waals surface area contributed by atoms with Crippen LogP contribution in [0.4, 0.5) is 0 Å². The fourth-order valence-electron chi connectivity index (χ4n) is 7.54. The smallest absolute Gasteiger partial charge is 0.375 e. The van der Waals surface area contributed by atoms with Gasteiger partial charge < -0.3 is 24.1 Å². The maximum Gasteiger partial charge on any atom is 0.375 e. The number of aliphatic hydroxyl groups is 1. The third-order valence-electron chi connectivity index (χ3n) is 10.0. The van der Waals surface area contributed by atoms with Crippen LogP contribution in [-0.2, 0) is 25.5 Å². The molecule has 7 rings (SSSR count). The van der Waals surface area contributed by atoms with E-state index in [1.165, 1.54) is 0 Å². The van der Waals surface area contributed by atoms with Gasteiger partial charge in [-0.15, -0.1) is 0 Å². The Morgan fingerprint density at radius 1 is 1.11 bits per heavy atom. The van der Waals surface area contributed by atoms with Gasteiger partial charge in [-0.25, -0.2) is 4.79 Å². The number of esters is 1. The first-order valence-corrected chi connectivity index (χ1v) is 16.9. The van der Waals surface area contributed by atoms with Gasteiger partial charge in [-0.3, -0.25) is 14.6 Å². The Morgan fingerprint density at radius 3 is 2.66 bits per heavy atom. The lowest BCUT2D eigenvalue weighted by Crippen LogP contribution is -2.39. The first-order chi connectivity index (χ1) is 22.7. The summed E-state index contributed by atoms with van der Waals surface area (Å²) in [6, 6.07) is 7.70. The predicted octanol–water partition coefficient (Wildman–Crippen LogP) is 4.59. The highest BCUT2D eigenvalue weighted by Crippen LogP contribution is 2.54. The number of carbonyl (C=O) groups excluding carboxylic acids is 3. The Kier molecular flexibility index (Phi) is 8.28. The summed E-state index contributed by atoms with van der Waals surface area (Å²) in [4.78, 5) is 44.3. The van der Waals surface area contributed by atoms with E-state index in [0.717, 1.165) is 59.4 Å². The van der Waals surface area contributed by atoms with Crippen molar-refractivity contribution < 1.29 is 38.4 Å². The number of hydrogen-bond donors (Lipinski definition) is 1. The highest BCUT2D eigenvalue weighted by molar-refractivity contribution is 6.10. The summed E-state index contributed by atoms with van der Waals surface area (Å²) in [6.07, 6.45) is 8.66. The molecule has 0 bridgehead atoms. The molecule has 1 N–H and O–H groups in total. The molecule has 9 heteroatoms. The Balaban J connectivity index is 1.43. The third kappa shape index (κ3) is 5.79. The first-order valence-electron chi connectivity index (χ1n) is 16.9. The van der Waals surface area contributed by atoms with Crippen LogP contribution in [0.3, 0.4) is 0 Å². The third-order valence-corrected chi connectivity index (χ3v) is 10.0. The molecule has 0 aromatic heterocycles. The van der Waals surface area contributed by atoms with Crippen LogP contribution in [0.5, 0.6) is 17.2 Å². The number of carbonyl (C=O) groups is 3. The van der Waals surface area contributed by atoms with Gasteiger partial charge in [0.05, 0.1) is 41.4 Å². The average molecular weight is 640 g/mol. The lowest BCUT2D eigenvalue weighted by atomic mass is 9.75. The molecular weight excluding hydrogens is 598 g/mol. The number of hydrogen-bond acceptors (Lipinski definition) is 9. The van der Waals surface area contributed by atoms with Crippen molar-refractivity contribution in [1.29, 1.82) is 0 Å². The standard InChI is InChI=1S/C38H41NO8/c1-4-44-37(42)36-27(20-40)33(23-11-13-29(41)25(17-23)21-10-12-28-22(16-21)14-15-39-28)34-31(47-36)19-30-26(18-32(46-30)38(2,3)43)35(34)45-24-8-6-5-7-9-24/h10,12,14,16,19-20,24-25,32,43H,4-9,11,13,15,17-18H2,1-3H3/b33-23-/t25-,32-/m0/s1. The van der Waals surface area contributed by atoms with Crippen molar-refractivity contribution >= 4 is 29.7 Å². The van der Waals surface area contributed by atoms with E-state index in [2.05, 4.69) is 11.1 Å². The minimum atomic E-state index is -1.14. The van der Waals surface area contributed by atoms with Gasteiger partial charge in [0.2, 0.25) is 5.76 Å². The molecule has 3 aliphatic heterocycles. The van der Waals surface area contributed by atoms with Crippen LogP contribution < -0.4 is 24.8 Å². The van der Waals surface area contributed by atoms with Gasteiger partial charge in [-0.1, -0.05) is 24.1 Å². The summed E-state index contributed by atoms with van der Waals surface area (Å²) >= 11 is 0. The van der Waals surface area contributed by atoms with Gasteiger partial charge >= 0.3 is 5.97 Å². The van der Waals surface area contributed by atoms with Crippen molar-refractivity contribution in [1.82, 2.24) is 0 Å². The molecule has 47 heavy (non-hydrogen) atoms. The number of Topliss-reactive ketones (excluding diaryl/α,β-unsaturated/α-hetero) is 1. The molecule has 0 radical (unpaired) electrons. The molecule has 246 valence electrons. The summed E-state index contributed by atoms with van der Waals surface area (Å²) in [5, 5.41) is 12.9. The van der Waals surface area contributed by atoms with Crippen LogP contribution in [0.25, 0.3) is 11.6 Å². The second-order valence-corrected chi connectivity index (χ2v) is 13.6. The minimum absolute atomic E-state index is 0.0457. The van der Waals surface area contributed by atoms with Gasteiger partial charge in [0, 0.05) is 36.0 Å². The van der Waals surface area contributed by atoms with Crippen molar-refractivity contribution in [3.8, 4) is 17.2 Å². The van der Waals surface area contributed by atoms with E-state index >= 15 is 0 Å². The van der Waals surface area contributed by atoms with Gasteiger partial charge in [-0.05, 0) is 82.2 Å². The zero-order valence-corrected chi connectivity index (χ0v) is 27.2. The molecule has 3 heterocycles. The number of ketones is 1. The first kappa shape index (κ1) is 31.4. The quantitative estimate of drug-likeness (QED) is 0.345. The average Bonchev–Trinajstić information content (AvgIpc) is 3.72. The Morgan fingerprint density at radius 2 is 1.91 bits per heavy atom. The Hall–Kier alpha value is -4.24. The predicted molar refractivity (Wildman–Crippen MR) is 174 cm³/mol. The van der Waals surface area contributed by atoms with Gasteiger partial charge in [0.25, 0.3) is 0 Å². The van der Waals surface area contributed by atoms with Crippen LogP contribution in [-0.4, -0.2) is 54.1 Å². The van der Waals surface area contributed by atoms with E-state index in [1.54, 1.807) is 26.8 Å². The van der Waals surface area contributed by atoms with Crippen molar-refractivity contribution in [2.24, 2.45) is 4.99 Å². The van der Waals surface area contributed by atoms with E-state index < -0.39 is 23.6 Å². The maximum absolute atomic E-state index is 13.5. The number of allylic oxidation sites excluding steroid dienone is 3. The second kappa shape index (κ2) is 12.4. The van der Waals surface area contributed by atoms with E-state index in [-0.39, 0.29) is 29.8 Å². The largest absolute Gasteiger partial charge is 0.489 e. The minimum Gasteiger partial charge on any atom is -0.489 e. The molecule has 0 saturated heterocycles. The van der Waals surface area contributed by atoms with E-state index in [0.29, 0.717) is 66.9 Å². The topological polar surface area (TPSA) is 121 Å². The molecule has 0 amide bonds. The molecule has 2 aliphatic carbocycles. The summed E-state index contributed by atoms with van der Waals surface area (Å²) in [5.41, 5.74) is 2.69. The molecule has 2 aromatic rings.